The summed E-state index contributed by atoms with van der Waals surface area (Å²) >= 11 is 6.58. The Morgan fingerprint density at radius 2 is 1.56 bits per heavy atom. The number of carbonyl (C=O) groups excluding carboxylic acids is 6. The second kappa shape index (κ2) is 30.6. The van der Waals surface area contributed by atoms with E-state index in [0.717, 1.165) is 33.6 Å². The van der Waals surface area contributed by atoms with Crippen LogP contribution >= 0.6 is 11.6 Å². The summed E-state index contributed by atoms with van der Waals surface area (Å²) in [6.07, 6.45) is 5.21. The lowest BCUT2D eigenvalue weighted by molar-refractivity contribution is -0.151. The lowest BCUT2D eigenvalue weighted by atomic mass is 9.83. The van der Waals surface area contributed by atoms with Gasteiger partial charge in [0.1, 0.15) is 17.2 Å². The molecule has 0 aliphatic carbocycles. The Morgan fingerprint density at radius 1 is 0.869 bits per heavy atom. The minimum Gasteiger partial charge on any atom is -0.489 e. The number of hydrogen-bond acceptors (Lipinski definition) is 12. The maximum absolute atomic E-state index is 14.6. The van der Waals surface area contributed by atoms with E-state index in [4.69, 9.17) is 41.3 Å². The number of aryl methyl sites for hydroxylation is 1. The molecule has 3 N–H and O–H groups in total. The average molecular weight is 1180 g/mol. The lowest BCUT2D eigenvalue weighted by Gasteiger charge is -2.41. The van der Waals surface area contributed by atoms with Gasteiger partial charge >= 0.3 is 5.97 Å². The van der Waals surface area contributed by atoms with Crippen LogP contribution in [0.15, 0.2) is 97.3 Å². The maximum Gasteiger partial charge on any atom is 0.309 e. The zero-order valence-corrected chi connectivity index (χ0v) is 52.4. The molecular weight excluding hydrogens is 1080 g/mol. The molecule has 1 aliphatic rings. The number of likely N-dealkylation sites (tertiary alicyclic amines) is 1. The van der Waals surface area contributed by atoms with Gasteiger partial charge in [-0.25, -0.2) is 4.98 Å². The van der Waals surface area contributed by atoms with Gasteiger partial charge in [-0.2, -0.15) is 0 Å². The van der Waals surface area contributed by atoms with Gasteiger partial charge in [0.2, 0.25) is 11.8 Å². The van der Waals surface area contributed by atoms with Gasteiger partial charge < -0.3 is 44.2 Å². The van der Waals surface area contributed by atoms with Crippen molar-refractivity contribution in [3.05, 3.63) is 125 Å². The minimum atomic E-state index is -1.09. The molecule has 3 amide bonds. The zero-order chi connectivity index (χ0) is 61.6. The molecule has 1 fully saturated rings. The van der Waals surface area contributed by atoms with Crippen molar-refractivity contribution < 1.29 is 47.7 Å². The number of likely N-dealkylation sites (N-methyl/N-ethyl adjacent to an activating group) is 1. The number of carbonyl (C=O) groups is 6. The third-order valence-electron chi connectivity index (χ3n) is 16.7. The highest BCUT2D eigenvalue weighted by Gasteiger charge is 2.44. The third kappa shape index (κ3) is 17.6. The number of amides is 3. The molecule has 5 aromatic rings. The Balaban J connectivity index is 1.16. The van der Waals surface area contributed by atoms with Crippen LogP contribution in [-0.2, 0) is 51.0 Å². The average Bonchev–Trinajstić information content (AvgIpc) is 4.35. The zero-order valence-electron chi connectivity index (χ0n) is 51.7. The first-order chi connectivity index (χ1) is 39.8. The molecule has 0 saturated carbocycles. The molecule has 9 unspecified atom stereocenters. The monoisotopic (exact) mass is 1170 g/mol. The van der Waals surface area contributed by atoms with Crippen LogP contribution in [0.4, 0.5) is 0 Å². The number of hydrogen-bond donors (Lipinski definition) is 2. The first-order valence-electron chi connectivity index (χ1n) is 29.8. The number of nitrogens with zero attached hydrogens (tertiary/aromatic N) is 4. The summed E-state index contributed by atoms with van der Waals surface area (Å²) in [5.74, 6) is -3.63. The third-order valence-corrected chi connectivity index (χ3v) is 17.0. The number of pyridine rings is 1. The number of ketones is 2. The van der Waals surface area contributed by atoms with E-state index >= 15 is 0 Å². The molecule has 0 radical (unpaired) electrons. The lowest BCUT2D eigenvalue weighted by Crippen LogP contribution is -2.54. The highest BCUT2D eigenvalue weighted by Crippen LogP contribution is 2.33. The minimum absolute atomic E-state index is 0.000745. The molecule has 17 heteroatoms. The Bertz CT molecular complexity index is 3010. The van der Waals surface area contributed by atoms with Gasteiger partial charge in [0.25, 0.3) is 5.91 Å². The van der Waals surface area contributed by atoms with Crippen molar-refractivity contribution in [2.45, 2.75) is 169 Å². The fourth-order valence-corrected chi connectivity index (χ4v) is 11.8. The summed E-state index contributed by atoms with van der Waals surface area (Å²) in [7, 11) is 4.82. The van der Waals surface area contributed by atoms with Gasteiger partial charge in [0, 0.05) is 88.5 Å². The fraction of sp³-hybridized carbons (Fsp3) is 0.537. The van der Waals surface area contributed by atoms with Crippen molar-refractivity contribution in [3.63, 3.8) is 0 Å². The van der Waals surface area contributed by atoms with E-state index in [1.54, 1.807) is 70.0 Å². The van der Waals surface area contributed by atoms with Crippen molar-refractivity contribution in [2.75, 3.05) is 34.4 Å². The van der Waals surface area contributed by atoms with Crippen LogP contribution in [-0.4, -0.2) is 131 Å². The number of nitrogens with two attached hydrogens (primary N) is 1. The van der Waals surface area contributed by atoms with E-state index in [2.05, 4.69) is 5.32 Å². The molecule has 0 bridgehead atoms. The van der Waals surface area contributed by atoms with Gasteiger partial charge in [-0.05, 0) is 113 Å². The number of Topliss-reactive ketones (excluding diaryl/α,β-unsaturated/α-hetero) is 2. The van der Waals surface area contributed by atoms with Crippen molar-refractivity contribution >= 4 is 52.5 Å². The van der Waals surface area contributed by atoms with Crippen LogP contribution in [0.1, 0.15) is 134 Å². The first-order valence-corrected chi connectivity index (χ1v) is 30.2. The van der Waals surface area contributed by atoms with Gasteiger partial charge in [-0.1, -0.05) is 113 Å². The Labute approximate surface area is 502 Å². The SMILES string of the molecule is CCC(C)C(C(CC(=O)N1CCCC1C(OC)C(C)C(=O)CC(Cc1ccccc1)C(=O)OCCC(Cc1ccc(-c2cn3cccc(C)c3n2)cc1)NC(=O)c1ccc(OC(C)C)c(Cl)c1)OC)N(C)C(=O)C(CC(=O)C(C)(C)N)C(C)C. The van der Waals surface area contributed by atoms with E-state index in [1.165, 1.54) is 0 Å². The molecule has 2 aromatic heterocycles. The molecule has 456 valence electrons. The molecule has 9 atom stereocenters. The number of benzene rings is 3. The Hall–Kier alpha value is -6.46. The number of rotatable bonds is 31. The van der Waals surface area contributed by atoms with Crippen molar-refractivity contribution in [1.29, 1.82) is 0 Å². The van der Waals surface area contributed by atoms with Gasteiger partial charge in [0.05, 0.1) is 65.6 Å². The molecular formula is C67H91ClN6O10. The van der Waals surface area contributed by atoms with Gasteiger partial charge in [0.15, 0.2) is 5.78 Å². The number of methoxy groups -OCH3 is 2. The molecule has 1 saturated heterocycles. The van der Waals surface area contributed by atoms with Gasteiger partial charge in [-0.3, -0.25) is 28.8 Å². The standard InChI is InChI=1S/C67H91ClN6O10/c1-14-43(6)61(72(11)65(79)52(41(2)3)38-59(76)67(9,10)69)58(81-12)39-60(77)74-32-19-23-55(74)62(82-13)45(8)56(75)37-50(34-46-21-16-15-17-22-46)66(80)83-33-30-51(70-64(78)49-28-29-57(53(68)36-49)84-42(4)5)35-47-24-26-48(27-25-47)54-40-73-31-18-20-44(7)63(73)71-54/h15-18,20-22,24-29,31,36,40-43,45,50-52,55,58,61-62H,14,19,23,30,32-35,37-39,69H2,1-13H3,(H,70,78). The van der Waals surface area contributed by atoms with Crippen LogP contribution in [0.3, 0.4) is 0 Å². The number of halogens is 1. The topological polar surface area (TPSA) is 201 Å². The molecule has 1 aliphatic heterocycles. The number of esters is 1. The molecule has 16 nitrogen and oxygen atoms in total. The van der Waals surface area contributed by atoms with Crippen LogP contribution in [0, 0.1) is 36.5 Å². The quantitative estimate of drug-likeness (QED) is 0.0398. The fourth-order valence-electron chi connectivity index (χ4n) is 11.5. The van der Waals surface area contributed by atoms with Crippen LogP contribution in [0.25, 0.3) is 16.9 Å². The van der Waals surface area contributed by atoms with Crippen LogP contribution in [0.5, 0.6) is 5.75 Å². The predicted octanol–water partition coefficient (Wildman–Crippen LogP) is 10.7. The molecule has 6 rings (SSSR count). The molecule has 84 heavy (non-hydrogen) atoms. The van der Waals surface area contributed by atoms with Crippen LogP contribution in [0.2, 0.25) is 5.02 Å². The van der Waals surface area contributed by atoms with E-state index in [9.17, 15) is 28.8 Å². The van der Waals surface area contributed by atoms with Crippen molar-refractivity contribution in [1.82, 2.24) is 24.5 Å². The maximum atomic E-state index is 14.6. The summed E-state index contributed by atoms with van der Waals surface area (Å²) in [5.41, 5.74) is 10.9. The highest BCUT2D eigenvalue weighted by molar-refractivity contribution is 6.32. The number of aromatic nitrogens is 2. The van der Waals surface area contributed by atoms with E-state index in [-0.39, 0.29) is 85.9 Å². The van der Waals surface area contributed by atoms with Gasteiger partial charge in [-0.15, -0.1) is 0 Å². The van der Waals surface area contributed by atoms with E-state index in [0.29, 0.717) is 48.6 Å². The Morgan fingerprint density at radius 3 is 2.17 bits per heavy atom. The van der Waals surface area contributed by atoms with Crippen molar-refractivity contribution in [3.8, 4) is 17.0 Å². The van der Waals surface area contributed by atoms with Crippen LogP contribution < -0.4 is 15.8 Å². The summed E-state index contributed by atoms with van der Waals surface area (Å²) in [5, 5.41) is 3.47. The number of ether oxygens (including phenoxy) is 4. The number of fused-ring (bicyclic) bond motifs is 1. The molecule has 3 aromatic carbocycles. The summed E-state index contributed by atoms with van der Waals surface area (Å²) in [6.45, 7) is 19.2. The first kappa shape index (κ1) is 66.7. The summed E-state index contributed by atoms with van der Waals surface area (Å²) < 4.78 is 26.1. The predicted molar refractivity (Wildman–Crippen MR) is 329 cm³/mol. The molecule has 3 heterocycles. The number of nitrogens with one attached hydrogen (secondary N) is 1. The smallest absolute Gasteiger partial charge is 0.309 e. The second-order valence-electron chi connectivity index (χ2n) is 24.2. The Kier molecular flexibility index (Phi) is 24.3. The largest absolute Gasteiger partial charge is 0.489 e. The highest BCUT2D eigenvalue weighted by atomic mass is 35.5. The van der Waals surface area contributed by atoms with E-state index < -0.39 is 59.6 Å². The molecule has 0 spiro atoms. The van der Waals surface area contributed by atoms with E-state index in [1.807, 2.05) is 132 Å². The summed E-state index contributed by atoms with van der Waals surface area (Å²) in [6, 6.07) is 25.0. The number of imidazole rings is 1. The summed E-state index contributed by atoms with van der Waals surface area (Å²) in [4.78, 5) is 93.3. The van der Waals surface area contributed by atoms with Crippen molar-refractivity contribution in [2.24, 2.45) is 35.3 Å². The second-order valence-corrected chi connectivity index (χ2v) is 24.6. The normalized spacial score (nSPS) is 16.6.